The molecule has 4 aromatic carbocycles. The third-order valence-corrected chi connectivity index (χ3v) is 5.61. The second-order valence-electron chi connectivity index (χ2n) is 8.15. The molecule has 0 atom stereocenters. The highest BCUT2D eigenvalue weighted by Gasteiger charge is 2.25. The number of rotatable bonds is 10. The van der Waals surface area contributed by atoms with E-state index in [9.17, 15) is 35.4 Å². The number of nitro benzene ring substituents is 3. The van der Waals surface area contributed by atoms with E-state index in [0.717, 1.165) is 18.2 Å². The molecule has 0 aromatic heterocycles. The van der Waals surface area contributed by atoms with Crippen LogP contribution in [0, 0.1) is 30.3 Å². The first kappa shape index (κ1) is 27.0. The Morgan fingerprint density at radius 3 is 2.05 bits per heavy atom. The first-order valence-electron chi connectivity index (χ1n) is 11.4. The lowest BCUT2D eigenvalue weighted by molar-refractivity contribution is -0.393. The number of phenolic OH excluding ortho intramolecular Hbond substituents is 1. The number of non-ortho nitro benzene ring substituents is 1. The highest BCUT2D eigenvalue weighted by Crippen LogP contribution is 2.40. The van der Waals surface area contributed by atoms with Crippen molar-refractivity contribution in [3.05, 3.63) is 115 Å². The summed E-state index contributed by atoms with van der Waals surface area (Å²) in [5.41, 5.74) is -0.270. The standard InChI is InChI=1S/C26H20N6O8/c1-40-19-9-6-17(7-10-19)28-22-13-23(25(32(38)39)14-24(22)31(36)37)29-21-5-3-2-4-20(21)27-15-16-12-18(30(34)35)8-11-26(16)33/h2-15,28-29,33H,1H3. The number of anilines is 4. The Bertz CT molecular complexity index is 1640. The van der Waals surface area contributed by atoms with E-state index in [1.807, 2.05) is 0 Å². The summed E-state index contributed by atoms with van der Waals surface area (Å²) in [7, 11) is 1.50. The number of nitro groups is 3. The summed E-state index contributed by atoms with van der Waals surface area (Å²) in [6, 6.07) is 18.5. The zero-order chi connectivity index (χ0) is 28.8. The highest BCUT2D eigenvalue weighted by molar-refractivity contribution is 5.89. The quantitative estimate of drug-likeness (QED) is 0.115. The molecule has 14 nitrogen and oxygen atoms in total. The summed E-state index contributed by atoms with van der Waals surface area (Å²) in [4.78, 5) is 36.9. The van der Waals surface area contributed by atoms with Crippen molar-refractivity contribution in [3.63, 3.8) is 0 Å². The fourth-order valence-electron chi connectivity index (χ4n) is 3.64. The predicted octanol–water partition coefficient (Wildman–Crippen LogP) is 6.36. The lowest BCUT2D eigenvalue weighted by Gasteiger charge is -2.13. The molecule has 0 aliphatic rings. The van der Waals surface area contributed by atoms with Gasteiger partial charge in [-0.1, -0.05) is 12.1 Å². The molecule has 0 saturated carbocycles. The van der Waals surface area contributed by atoms with Gasteiger partial charge in [-0.2, -0.15) is 0 Å². The van der Waals surface area contributed by atoms with Crippen molar-refractivity contribution in [3.8, 4) is 11.5 Å². The Balaban J connectivity index is 1.73. The summed E-state index contributed by atoms with van der Waals surface area (Å²) in [5, 5.41) is 50.6. The van der Waals surface area contributed by atoms with Crippen molar-refractivity contribution in [2.75, 3.05) is 17.7 Å². The number of phenols is 1. The maximum absolute atomic E-state index is 11.8. The van der Waals surface area contributed by atoms with Crippen molar-refractivity contribution in [1.29, 1.82) is 0 Å². The van der Waals surface area contributed by atoms with Gasteiger partial charge in [0.25, 0.3) is 17.1 Å². The van der Waals surface area contributed by atoms with Gasteiger partial charge in [0.1, 0.15) is 22.9 Å². The van der Waals surface area contributed by atoms with Gasteiger partial charge >= 0.3 is 0 Å². The SMILES string of the molecule is COc1ccc(Nc2cc(Nc3ccccc3N=Cc3cc([N+](=O)[O-])ccc3O)c([N+](=O)[O-])cc2[N+](=O)[O-])cc1. The highest BCUT2D eigenvalue weighted by atomic mass is 16.6. The van der Waals surface area contributed by atoms with Crippen molar-refractivity contribution in [2.24, 2.45) is 4.99 Å². The van der Waals surface area contributed by atoms with Crippen molar-refractivity contribution in [1.82, 2.24) is 0 Å². The van der Waals surface area contributed by atoms with Crippen molar-refractivity contribution < 1.29 is 24.6 Å². The Morgan fingerprint density at radius 2 is 1.43 bits per heavy atom. The number of ether oxygens (including phenoxy) is 1. The average molecular weight is 544 g/mol. The molecule has 0 bridgehead atoms. The lowest BCUT2D eigenvalue weighted by atomic mass is 10.1. The van der Waals surface area contributed by atoms with Crippen LogP contribution in [0.1, 0.15) is 5.56 Å². The normalized spacial score (nSPS) is 10.7. The van der Waals surface area contributed by atoms with E-state index in [4.69, 9.17) is 4.74 Å². The largest absolute Gasteiger partial charge is 0.507 e. The minimum Gasteiger partial charge on any atom is -0.507 e. The zero-order valence-corrected chi connectivity index (χ0v) is 20.7. The van der Waals surface area contributed by atoms with Crippen molar-refractivity contribution in [2.45, 2.75) is 0 Å². The molecule has 0 aliphatic heterocycles. The molecule has 0 amide bonds. The Morgan fingerprint density at radius 1 is 0.775 bits per heavy atom. The maximum atomic E-state index is 11.8. The van der Waals surface area contributed by atoms with Gasteiger partial charge in [-0.15, -0.1) is 0 Å². The average Bonchev–Trinajstić information content (AvgIpc) is 2.93. The Kier molecular flexibility index (Phi) is 7.80. The van der Waals surface area contributed by atoms with E-state index in [1.165, 1.54) is 25.5 Å². The van der Waals surface area contributed by atoms with Crippen LogP contribution in [0.3, 0.4) is 0 Å². The van der Waals surface area contributed by atoms with Gasteiger partial charge in [0.2, 0.25) is 0 Å². The molecule has 0 aliphatic carbocycles. The van der Waals surface area contributed by atoms with Crippen LogP contribution in [0.4, 0.5) is 45.5 Å². The number of hydrogen-bond acceptors (Lipinski definition) is 11. The maximum Gasteiger partial charge on any atom is 0.299 e. The monoisotopic (exact) mass is 544 g/mol. The van der Waals surface area contributed by atoms with Gasteiger partial charge in [-0.25, -0.2) is 0 Å². The Labute approximate surface area is 225 Å². The van der Waals surface area contributed by atoms with Crippen LogP contribution in [0.15, 0.2) is 83.9 Å². The predicted molar refractivity (Wildman–Crippen MR) is 148 cm³/mol. The molecule has 4 aromatic rings. The van der Waals surface area contributed by atoms with E-state index in [2.05, 4.69) is 15.6 Å². The summed E-state index contributed by atoms with van der Waals surface area (Å²) in [6.07, 6.45) is 1.21. The van der Waals surface area contributed by atoms with Crippen molar-refractivity contribution >= 4 is 51.7 Å². The van der Waals surface area contributed by atoms with E-state index >= 15 is 0 Å². The zero-order valence-electron chi connectivity index (χ0n) is 20.7. The summed E-state index contributed by atoms with van der Waals surface area (Å²) < 4.78 is 5.11. The minimum absolute atomic E-state index is 0.00855. The topological polar surface area (TPSA) is 195 Å². The third kappa shape index (κ3) is 6.08. The molecule has 4 rings (SSSR count). The van der Waals surface area contributed by atoms with Crippen LogP contribution in [0.5, 0.6) is 11.5 Å². The summed E-state index contributed by atoms with van der Waals surface area (Å²) in [6.45, 7) is 0. The number of aromatic hydroxyl groups is 1. The molecular weight excluding hydrogens is 524 g/mol. The van der Waals surface area contributed by atoms with E-state index in [-0.39, 0.29) is 39.7 Å². The van der Waals surface area contributed by atoms with Gasteiger partial charge in [0.05, 0.1) is 39.3 Å². The molecule has 0 fully saturated rings. The summed E-state index contributed by atoms with van der Waals surface area (Å²) in [5.74, 6) is 0.335. The van der Waals surface area contributed by atoms with Crippen LogP contribution in [-0.2, 0) is 0 Å². The molecule has 0 radical (unpaired) electrons. The fourth-order valence-corrected chi connectivity index (χ4v) is 3.64. The minimum atomic E-state index is -0.750. The molecule has 0 saturated heterocycles. The van der Waals surface area contributed by atoms with E-state index in [1.54, 1.807) is 48.5 Å². The van der Waals surface area contributed by atoms with E-state index < -0.39 is 26.1 Å². The molecule has 202 valence electrons. The molecule has 0 heterocycles. The first-order valence-corrected chi connectivity index (χ1v) is 11.4. The van der Waals surface area contributed by atoms with Gasteiger partial charge < -0.3 is 20.5 Å². The summed E-state index contributed by atoms with van der Waals surface area (Å²) >= 11 is 0. The van der Waals surface area contributed by atoms with E-state index in [0.29, 0.717) is 11.4 Å². The number of benzene rings is 4. The molecule has 40 heavy (non-hydrogen) atoms. The molecular formula is C26H20N6O8. The molecule has 14 heteroatoms. The lowest BCUT2D eigenvalue weighted by Crippen LogP contribution is -2.03. The number of para-hydroxylation sites is 2. The van der Waals surface area contributed by atoms with Crippen LogP contribution in [-0.4, -0.2) is 33.2 Å². The van der Waals surface area contributed by atoms with Gasteiger partial charge in [-0.3, -0.25) is 35.3 Å². The number of nitrogens with one attached hydrogen (secondary N) is 2. The number of aliphatic imine (C=N–C) groups is 1. The van der Waals surface area contributed by atoms with Crippen LogP contribution < -0.4 is 15.4 Å². The van der Waals surface area contributed by atoms with Gasteiger partial charge in [0.15, 0.2) is 0 Å². The van der Waals surface area contributed by atoms with Gasteiger partial charge in [0, 0.05) is 29.6 Å². The number of hydrogen-bond donors (Lipinski definition) is 3. The first-order chi connectivity index (χ1) is 19.2. The second-order valence-corrected chi connectivity index (χ2v) is 8.15. The third-order valence-electron chi connectivity index (χ3n) is 5.61. The smallest absolute Gasteiger partial charge is 0.299 e. The van der Waals surface area contributed by atoms with Crippen LogP contribution >= 0.6 is 0 Å². The number of methoxy groups -OCH3 is 1. The fraction of sp³-hybridized carbons (Fsp3) is 0.0385. The molecule has 0 unspecified atom stereocenters. The second kappa shape index (κ2) is 11.6. The number of nitrogens with zero attached hydrogens (tertiary/aromatic N) is 4. The van der Waals surface area contributed by atoms with Gasteiger partial charge in [-0.05, 0) is 48.5 Å². The Hall–Kier alpha value is -6.05. The van der Waals surface area contributed by atoms with Crippen LogP contribution in [0.25, 0.3) is 0 Å². The van der Waals surface area contributed by atoms with Crippen LogP contribution in [0.2, 0.25) is 0 Å². The molecule has 3 N–H and O–H groups in total. The molecule has 0 spiro atoms.